The molecule has 0 spiro atoms. The maximum absolute atomic E-state index is 12.5. The first kappa shape index (κ1) is 18.0. The van der Waals surface area contributed by atoms with E-state index in [1.807, 2.05) is 64.4 Å². The maximum atomic E-state index is 12.5. The van der Waals surface area contributed by atoms with Gasteiger partial charge < -0.3 is 14.5 Å². The van der Waals surface area contributed by atoms with Crippen molar-refractivity contribution in [1.29, 1.82) is 0 Å². The van der Waals surface area contributed by atoms with Crippen LogP contribution in [-0.4, -0.2) is 54.9 Å². The van der Waals surface area contributed by atoms with Gasteiger partial charge in [0, 0.05) is 38.2 Å². The van der Waals surface area contributed by atoms with Gasteiger partial charge in [-0.15, -0.1) is 0 Å². The fraction of sp³-hybridized carbons (Fsp3) is 0.333. The zero-order chi connectivity index (χ0) is 18.4. The summed E-state index contributed by atoms with van der Waals surface area (Å²) >= 11 is 0. The van der Waals surface area contributed by atoms with E-state index in [0.717, 1.165) is 11.3 Å². The van der Waals surface area contributed by atoms with Gasteiger partial charge >= 0.3 is 0 Å². The molecular formula is C21H24N2O3. The van der Waals surface area contributed by atoms with Gasteiger partial charge in [0.25, 0.3) is 5.91 Å². The van der Waals surface area contributed by atoms with Gasteiger partial charge in [-0.1, -0.05) is 30.3 Å². The van der Waals surface area contributed by atoms with Crippen LogP contribution < -0.4 is 4.74 Å². The summed E-state index contributed by atoms with van der Waals surface area (Å²) in [5, 5.41) is 0. The molecule has 0 aliphatic carbocycles. The molecule has 0 saturated carbocycles. The van der Waals surface area contributed by atoms with Crippen molar-refractivity contribution in [1.82, 2.24) is 9.80 Å². The molecule has 0 aromatic heterocycles. The number of nitrogens with zero attached hydrogens (tertiary/aromatic N) is 2. The second-order valence-electron chi connectivity index (χ2n) is 6.39. The Labute approximate surface area is 154 Å². The highest BCUT2D eigenvalue weighted by atomic mass is 16.5. The number of carbonyl (C=O) groups excluding carboxylic acids is 2. The molecular weight excluding hydrogens is 328 g/mol. The number of amides is 2. The van der Waals surface area contributed by atoms with Crippen molar-refractivity contribution in [3.8, 4) is 5.75 Å². The largest absolute Gasteiger partial charge is 0.497 e. The Kier molecular flexibility index (Phi) is 5.89. The summed E-state index contributed by atoms with van der Waals surface area (Å²) in [7, 11) is 1.64. The number of carbonyl (C=O) groups is 2. The van der Waals surface area contributed by atoms with Crippen molar-refractivity contribution >= 4 is 11.8 Å². The van der Waals surface area contributed by atoms with Gasteiger partial charge in [-0.25, -0.2) is 0 Å². The van der Waals surface area contributed by atoms with Crippen LogP contribution in [0.2, 0.25) is 0 Å². The Bertz CT molecular complexity index is 753. The number of hydrogen-bond donors (Lipinski definition) is 0. The van der Waals surface area contributed by atoms with E-state index in [1.54, 1.807) is 7.11 Å². The third-order valence-electron chi connectivity index (χ3n) is 4.70. The second kappa shape index (κ2) is 8.52. The predicted molar refractivity (Wildman–Crippen MR) is 100 cm³/mol. The molecule has 1 saturated heterocycles. The van der Waals surface area contributed by atoms with E-state index in [2.05, 4.69) is 0 Å². The van der Waals surface area contributed by atoms with Crippen LogP contribution in [0, 0.1) is 0 Å². The smallest absolute Gasteiger partial charge is 0.253 e. The number of rotatable bonds is 5. The number of aryl methyl sites for hydroxylation is 1. The molecule has 136 valence electrons. The normalized spacial score (nSPS) is 14.2. The molecule has 1 aliphatic rings. The molecule has 26 heavy (non-hydrogen) atoms. The summed E-state index contributed by atoms with van der Waals surface area (Å²) in [6, 6.07) is 17.1. The standard InChI is InChI=1S/C21H24N2O3/c1-26-19-9-5-6-17(16-19)10-11-20(24)22-12-14-23(15-13-22)21(25)18-7-3-2-4-8-18/h2-9,16H,10-15H2,1H3. The van der Waals surface area contributed by atoms with Crippen LogP contribution in [0.4, 0.5) is 0 Å². The second-order valence-corrected chi connectivity index (χ2v) is 6.39. The van der Waals surface area contributed by atoms with Crippen LogP contribution in [0.25, 0.3) is 0 Å². The van der Waals surface area contributed by atoms with Crippen LogP contribution in [0.1, 0.15) is 22.3 Å². The molecule has 0 atom stereocenters. The molecule has 0 bridgehead atoms. The molecule has 1 fully saturated rings. The number of hydrogen-bond acceptors (Lipinski definition) is 3. The molecule has 1 aliphatic heterocycles. The van der Waals surface area contributed by atoms with Crippen molar-refractivity contribution in [3.63, 3.8) is 0 Å². The lowest BCUT2D eigenvalue weighted by atomic mass is 10.1. The van der Waals surface area contributed by atoms with E-state index in [1.165, 1.54) is 0 Å². The van der Waals surface area contributed by atoms with Crippen molar-refractivity contribution in [2.24, 2.45) is 0 Å². The van der Waals surface area contributed by atoms with Crippen LogP contribution in [0.5, 0.6) is 5.75 Å². The third kappa shape index (κ3) is 4.42. The van der Waals surface area contributed by atoms with E-state index in [9.17, 15) is 9.59 Å². The van der Waals surface area contributed by atoms with E-state index in [0.29, 0.717) is 44.6 Å². The predicted octanol–water partition coefficient (Wildman–Crippen LogP) is 2.61. The van der Waals surface area contributed by atoms with Gasteiger partial charge in [-0.2, -0.15) is 0 Å². The minimum Gasteiger partial charge on any atom is -0.497 e. The molecule has 2 aromatic carbocycles. The molecule has 0 radical (unpaired) electrons. The van der Waals surface area contributed by atoms with E-state index < -0.39 is 0 Å². The van der Waals surface area contributed by atoms with Crippen LogP contribution in [0.3, 0.4) is 0 Å². The minimum atomic E-state index is 0.0362. The molecule has 2 amide bonds. The summed E-state index contributed by atoms with van der Waals surface area (Å²) in [5.41, 5.74) is 1.79. The maximum Gasteiger partial charge on any atom is 0.253 e. The molecule has 5 nitrogen and oxygen atoms in total. The quantitative estimate of drug-likeness (QED) is 0.831. The SMILES string of the molecule is COc1cccc(CCC(=O)N2CCN(C(=O)c3ccccc3)CC2)c1. The molecule has 2 aromatic rings. The highest BCUT2D eigenvalue weighted by molar-refractivity contribution is 5.94. The third-order valence-corrected chi connectivity index (χ3v) is 4.70. The monoisotopic (exact) mass is 352 g/mol. The number of benzene rings is 2. The van der Waals surface area contributed by atoms with E-state index in [-0.39, 0.29) is 11.8 Å². The van der Waals surface area contributed by atoms with Gasteiger partial charge in [0.2, 0.25) is 5.91 Å². The van der Waals surface area contributed by atoms with Crippen LogP contribution >= 0.6 is 0 Å². The highest BCUT2D eigenvalue weighted by Gasteiger charge is 2.24. The van der Waals surface area contributed by atoms with Crippen LogP contribution in [0.15, 0.2) is 54.6 Å². The Morgan fingerprint density at radius 3 is 2.31 bits per heavy atom. The van der Waals surface area contributed by atoms with Gasteiger partial charge in [0.15, 0.2) is 0 Å². The van der Waals surface area contributed by atoms with Gasteiger partial charge in [-0.3, -0.25) is 9.59 Å². The van der Waals surface area contributed by atoms with Gasteiger partial charge in [0.05, 0.1) is 7.11 Å². The summed E-state index contributed by atoms with van der Waals surface area (Å²) in [5.74, 6) is 0.983. The first-order chi connectivity index (χ1) is 12.7. The minimum absolute atomic E-state index is 0.0362. The Morgan fingerprint density at radius 2 is 1.62 bits per heavy atom. The van der Waals surface area contributed by atoms with Crippen molar-refractivity contribution in [2.45, 2.75) is 12.8 Å². The highest BCUT2D eigenvalue weighted by Crippen LogP contribution is 2.15. The Morgan fingerprint density at radius 1 is 0.923 bits per heavy atom. The molecule has 0 N–H and O–H groups in total. The molecule has 5 heteroatoms. The number of ether oxygens (including phenoxy) is 1. The first-order valence-corrected chi connectivity index (χ1v) is 8.92. The lowest BCUT2D eigenvalue weighted by Crippen LogP contribution is -2.50. The fourth-order valence-electron chi connectivity index (χ4n) is 3.16. The average Bonchev–Trinajstić information content (AvgIpc) is 2.72. The van der Waals surface area contributed by atoms with Crippen molar-refractivity contribution < 1.29 is 14.3 Å². The van der Waals surface area contributed by atoms with E-state index in [4.69, 9.17) is 4.74 Å². The summed E-state index contributed by atoms with van der Waals surface area (Å²) in [6.45, 7) is 2.35. The van der Waals surface area contributed by atoms with E-state index >= 15 is 0 Å². The average molecular weight is 352 g/mol. The zero-order valence-corrected chi connectivity index (χ0v) is 15.1. The number of piperazine rings is 1. The fourth-order valence-corrected chi connectivity index (χ4v) is 3.16. The topological polar surface area (TPSA) is 49.9 Å². The Hall–Kier alpha value is -2.82. The lowest BCUT2D eigenvalue weighted by Gasteiger charge is -2.35. The van der Waals surface area contributed by atoms with Crippen molar-refractivity contribution in [3.05, 3.63) is 65.7 Å². The number of methoxy groups -OCH3 is 1. The lowest BCUT2D eigenvalue weighted by molar-refractivity contribution is -0.132. The zero-order valence-electron chi connectivity index (χ0n) is 15.1. The summed E-state index contributed by atoms with van der Waals surface area (Å²) in [4.78, 5) is 28.6. The summed E-state index contributed by atoms with van der Waals surface area (Å²) < 4.78 is 5.22. The van der Waals surface area contributed by atoms with Gasteiger partial charge in [0.1, 0.15) is 5.75 Å². The summed E-state index contributed by atoms with van der Waals surface area (Å²) in [6.07, 6.45) is 1.17. The van der Waals surface area contributed by atoms with Crippen molar-refractivity contribution in [2.75, 3.05) is 33.3 Å². The first-order valence-electron chi connectivity index (χ1n) is 8.92. The van der Waals surface area contributed by atoms with Gasteiger partial charge in [-0.05, 0) is 36.2 Å². The van der Waals surface area contributed by atoms with Crippen LogP contribution in [-0.2, 0) is 11.2 Å². The molecule has 0 unspecified atom stereocenters. The Balaban J connectivity index is 1.48. The molecule has 1 heterocycles. The molecule has 3 rings (SSSR count).